The van der Waals surface area contributed by atoms with Gasteiger partial charge in [0.2, 0.25) is 5.91 Å². The normalized spacial score (nSPS) is 18.4. The molecule has 2 aliphatic rings. The van der Waals surface area contributed by atoms with Gasteiger partial charge in [-0.1, -0.05) is 6.07 Å². The van der Waals surface area contributed by atoms with E-state index in [1.807, 2.05) is 17.0 Å². The zero-order valence-corrected chi connectivity index (χ0v) is 13.3. The van der Waals surface area contributed by atoms with Crippen LogP contribution in [0.5, 0.6) is 5.75 Å². The standard InChI is InChI=1S/C17H25N3O2/c1-22-16-4-2-3-15(11-16)19-7-9-20(10-8-19)17(21)13-18-12-14-5-6-14/h2-4,11,14,18H,5-10,12-13H2,1H3. The van der Waals surface area contributed by atoms with E-state index in [0.717, 1.165) is 44.4 Å². The minimum absolute atomic E-state index is 0.228. The molecule has 22 heavy (non-hydrogen) atoms. The average Bonchev–Trinajstić information content (AvgIpc) is 3.39. The smallest absolute Gasteiger partial charge is 0.236 e. The Morgan fingerprint density at radius 1 is 1.27 bits per heavy atom. The first-order valence-electron chi connectivity index (χ1n) is 8.14. The van der Waals surface area contributed by atoms with Crippen LogP contribution in [0, 0.1) is 5.92 Å². The second kappa shape index (κ2) is 7.01. The number of benzene rings is 1. The zero-order chi connectivity index (χ0) is 15.4. The van der Waals surface area contributed by atoms with Crippen molar-refractivity contribution < 1.29 is 9.53 Å². The summed E-state index contributed by atoms with van der Waals surface area (Å²) in [7, 11) is 1.68. The molecule has 5 heteroatoms. The second-order valence-corrected chi connectivity index (χ2v) is 6.14. The Morgan fingerprint density at radius 3 is 2.73 bits per heavy atom. The van der Waals surface area contributed by atoms with E-state index >= 15 is 0 Å². The Balaban J connectivity index is 1.45. The van der Waals surface area contributed by atoms with Gasteiger partial charge in [-0.05, 0) is 37.4 Å². The van der Waals surface area contributed by atoms with Crippen molar-refractivity contribution in [3.8, 4) is 5.75 Å². The maximum absolute atomic E-state index is 12.2. The van der Waals surface area contributed by atoms with Crippen LogP contribution in [-0.2, 0) is 4.79 Å². The van der Waals surface area contributed by atoms with Gasteiger partial charge >= 0.3 is 0 Å². The number of rotatable bonds is 6. The van der Waals surface area contributed by atoms with Crippen LogP contribution in [-0.4, -0.2) is 57.2 Å². The van der Waals surface area contributed by atoms with E-state index in [1.54, 1.807) is 7.11 Å². The van der Waals surface area contributed by atoms with Crippen molar-refractivity contribution >= 4 is 11.6 Å². The minimum Gasteiger partial charge on any atom is -0.497 e. The predicted octanol–water partition coefficient (Wildman–Crippen LogP) is 1.34. The quantitative estimate of drug-likeness (QED) is 0.861. The molecule has 0 spiro atoms. The molecule has 3 rings (SSSR count). The number of carbonyl (C=O) groups is 1. The van der Waals surface area contributed by atoms with Crippen molar-refractivity contribution in [2.24, 2.45) is 5.92 Å². The third-order valence-electron chi connectivity index (χ3n) is 4.46. The van der Waals surface area contributed by atoms with E-state index in [2.05, 4.69) is 22.3 Å². The zero-order valence-electron chi connectivity index (χ0n) is 13.3. The molecule has 1 aliphatic carbocycles. The predicted molar refractivity (Wildman–Crippen MR) is 87.4 cm³/mol. The number of amides is 1. The van der Waals surface area contributed by atoms with Crippen LogP contribution in [0.15, 0.2) is 24.3 Å². The first kappa shape index (κ1) is 15.2. The first-order valence-corrected chi connectivity index (χ1v) is 8.14. The van der Waals surface area contributed by atoms with Crippen LogP contribution in [0.25, 0.3) is 0 Å². The van der Waals surface area contributed by atoms with E-state index in [1.165, 1.54) is 18.5 Å². The lowest BCUT2D eigenvalue weighted by atomic mass is 10.2. The fourth-order valence-corrected chi connectivity index (χ4v) is 2.84. The number of anilines is 1. The molecule has 0 bridgehead atoms. The summed E-state index contributed by atoms with van der Waals surface area (Å²) in [5.74, 6) is 1.92. The monoisotopic (exact) mass is 303 g/mol. The van der Waals surface area contributed by atoms with Crippen molar-refractivity contribution in [3.05, 3.63) is 24.3 Å². The Hall–Kier alpha value is -1.75. The molecule has 1 aromatic carbocycles. The third-order valence-corrected chi connectivity index (χ3v) is 4.46. The Bertz CT molecular complexity index is 508. The summed E-state index contributed by atoms with van der Waals surface area (Å²) in [4.78, 5) is 16.4. The number of hydrogen-bond donors (Lipinski definition) is 1. The molecule has 0 atom stereocenters. The van der Waals surface area contributed by atoms with E-state index in [9.17, 15) is 4.79 Å². The van der Waals surface area contributed by atoms with Crippen molar-refractivity contribution in [1.82, 2.24) is 10.2 Å². The highest BCUT2D eigenvalue weighted by atomic mass is 16.5. The molecule has 120 valence electrons. The van der Waals surface area contributed by atoms with Crippen LogP contribution in [0.4, 0.5) is 5.69 Å². The molecular weight excluding hydrogens is 278 g/mol. The summed E-state index contributed by atoms with van der Waals surface area (Å²) in [5, 5.41) is 3.28. The van der Waals surface area contributed by atoms with E-state index < -0.39 is 0 Å². The minimum atomic E-state index is 0.228. The van der Waals surface area contributed by atoms with Gasteiger partial charge in [0.25, 0.3) is 0 Å². The summed E-state index contributed by atoms with van der Waals surface area (Å²) in [6.45, 7) is 4.82. The number of nitrogens with zero attached hydrogens (tertiary/aromatic N) is 2. The fourth-order valence-electron chi connectivity index (χ4n) is 2.84. The highest BCUT2D eigenvalue weighted by molar-refractivity contribution is 5.78. The number of carbonyl (C=O) groups excluding carboxylic acids is 1. The van der Waals surface area contributed by atoms with Crippen LogP contribution in [0.3, 0.4) is 0 Å². The molecule has 0 radical (unpaired) electrons. The van der Waals surface area contributed by atoms with Gasteiger partial charge in [-0.3, -0.25) is 4.79 Å². The molecule has 1 heterocycles. The molecule has 1 aliphatic heterocycles. The molecule has 5 nitrogen and oxygen atoms in total. The van der Waals surface area contributed by atoms with E-state index in [-0.39, 0.29) is 5.91 Å². The average molecular weight is 303 g/mol. The molecule has 0 aromatic heterocycles. The lowest BCUT2D eigenvalue weighted by molar-refractivity contribution is -0.130. The van der Waals surface area contributed by atoms with Gasteiger partial charge in [-0.25, -0.2) is 0 Å². The van der Waals surface area contributed by atoms with Crippen LogP contribution < -0.4 is 15.0 Å². The summed E-state index contributed by atoms with van der Waals surface area (Å²) in [6.07, 6.45) is 2.64. The molecular formula is C17H25N3O2. The van der Waals surface area contributed by atoms with Crippen molar-refractivity contribution in [2.75, 3.05) is 51.3 Å². The molecule has 1 saturated carbocycles. The van der Waals surface area contributed by atoms with Gasteiger partial charge in [-0.2, -0.15) is 0 Å². The Labute approximate surface area is 132 Å². The molecule has 1 saturated heterocycles. The topological polar surface area (TPSA) is 44.8 Å². The third kappa shape index (κ3) is 3.91. The Morgan fingerprint density at radius 2 is 2.05 bits per heavy atom. The van der Waals surface area contributed by atoms with Crippen molar-refractivity contribution in [1.29, 1.82) is 0 Å². The summed E-state index contributed by atoms with van der Waals surface area (Å²) >= 11 is 0. The van der Waals surface area contributed by atoms with Gasteiger partial charge in [0.15, 0.2) is 0 Å². The van der Waals surface area contributed by atoms with Crippen LogP contribution >= 0.6 is 0 Å². The maximum atomic E-state index is 12.2. The summed E-state index contributed by atoms with van der Waals surface area (Å²) in [6, 6.07) is 8.11. The second-order valence-electron chi connectivity index (χ2n) is 6.14. The molecule has 1 aromatic rings. The number of methoxy groups -OCH3 is 1. The highest BCUT2D eigenvalue weighted by Gasteiger charge is 2.23. The summed E-state index contributed by atoms with van der Waals surface area (Å²) in [5.41, 5.74) is 1.17. The summed E-state index contributed by atoms with van der Waals surface area (Å²) < 4.78 is 5.27. The number of piperazine rings is 1. The van der Waals surface area contributed by atoms with E-state index in [4.69, 9.17) is 4.74 Å². The van der Waals surface area contributed by atoms with Gasteiger partial charge in [0.1, 0.15) is 5.75 Å². The lowest BCUT2D eigenvalue weighted by Gasteiger charge is -2.36. The largest absolute Gasteiger partial charge is 0.497 e. The first-order chi connectivity index (χ1) is 10.8. The lowest BCUT2D eigenvalue weighted by Crippen LogP contribution is -2.51. The number of ether oxygens (including phenoxy) is 1. The van der Waals surface area contributed by atoms with Crippen molar-refractivity contribution in [2.45, 2.75) is 12.8 Å². The van der Waals surface area contributed by atoms with Gasteiger partial charge in [0.05, 0.1) is 13.7 Å². The van der Waals surface area contributed by atoms with E-state index in [0.29, 0.717) is 6.54 Å². The van der Waals surface area contributed by atoms with Crippen molar-refractivity contribution in [3.63, 3.8) is 0 Å². The van der Waals surface area contributed by atoms with Gasteiger partial charge < -0.3 is 19.9 Å². The number of hydrogen-bond acceptors (Lipinski definition) is 4. The highest BCUT2D eigenvalue weighted by Crippen LogP contribution is 2.27. The van der Waals surface area contributed by atoms with Crippen LogP contribution in [0.2, 0.25) is 0 Å². The molecule has 1 amide bonds. The van der Waals surface area contributed by atoms with Crippen LogP contribution in [0.1, 0.15) is 12.8 Å². The van der Waals surface area contributed by atoms with Gasteiger partial charge in [-0.15, -0.1) is 0 Å². The number of nitrogens with one attached hydrogen (secondary N) is 1. The SMILES string of the molecule is COc1cccc(N2CCN(C(=O)CNCC3CC3)CC2)c1. The fraction of sp³-hybridized carbons (Fsp3) is 0.588. The molecule has 0 unspecified atom stereocenters. The maximum Gasteiger partial charge on any atom is 0.236 e. The molecule has 1 N–H and O–H groups in total. The van der Waals surface area contributed by atoms with Gasteiger partial charge in [0, 0.05) is 37.9 Å². The Kier molecular flexibility index (Phi) is 4.83. The molecule has 2 fully saturated rings.